The molecule has 2 heterocycles. The van der Waals surface area contributed by atoms with Crippen LogP contribution in [-0.2, 0) is 12.4 Å². The number of alkyl halides is 6. The van der Waals surface area contributed by atoms with Gasteiger partial charge < -0.3 is 9.84 Å². The summed E-state index contributed by atoms with van der Waals surface area (Å²) in [7, 11) is 0. The average Bonchev–Trinajstić information content (AvgIpc) is 3.20. The summed E-state index contributed by atoms with van der Waals surface area (Å²) in [6.07, 6.45) is -8.94. The molecule has 5 nitrogen and oxygen atoms in total. The van der Waals surface area contributed by atoms with E-state index in [9.17, 15) is 31.4 Å². The molecule has 32 heavy (non-hydrogen) atoms. The minimum absolute atomic E-state index is 0. The van der Waals surface area contributed by atoms with Crippen LogP contribution in [0.5, 0.6) is 11.6 Å². The van der Waals surface area contributed by atoms with Crippen molar-refractivity contribution in [1.29, 1.82) is 0 Å². The van der Waals surface area contributed by atoms with Gasteiger partial charge in [-0.2, -0.15) is 26.3 Å². The van der Waals surface area contributed by atoms with Crippen molar-refractivity contribution in [2.24, 2.45) is 0 Å². The Morgan fingerprint density at radius 1 is 0.938 bits per heavy atom. The van der Waals surface area contributed by atoms with E-state index in [-0.39, 0.29) is 74.4 Å². The first kappa shape index (κ1) is 29.1. The molecule has 0 saturated heterocycles. The molecule has 0 spiro atoms. The molecule has 2 aromatic heterocycles. The Hall–Kier alpha value is -0.964. The molecule has 170 valence electrons. The fourth-order valence-corrected chi connectivity index (χ4v) is 2.67. The molecule has 0 radical (unpaired) electrons. The summed E-state index contributed by atoms with van der Waals surface area (Å²) >= 11 is 0.477. The molecule has 0 bridgehead atoms. The summed E-state index contributed by atoms with van der Waals surface area (Å²) in [6.45, 7) is 6.41. The van der Waals surface area contributed by atoms with Crippen molar-refractivity contribution < 1.29 is 87.6 Å². The summed E-state index contributed by atoms with van der Waals surface area (Å²) in [6, 6.07) is 4.95. The second kappa shape index (κ2) is 11.0. The molecule has 0 amide bonds. The molecule has 3 rings (SSSR count). The monoisotopic (exact) mass is 505 g/mol. The van der Waals surface area contributed by atoms with Gasteiger partial charge in [-0.3, -0.25) is 0 Å². The van der Waals surface area contributed by atoms with Gasteiger partial charge in [0.15, 0.2) is 0 Å². The van der Waals surface area contributed by atoms with E-state index in [1.807, 2.05) is 0 Å². The third kappa shape index (κ3) is 9.12. The molecule has 0 unspecified atom stereocenters. The van der Waals surface area contributed by atoms with Gasteiger partial charge in [0.25, 0.3) is 5.88 Å². The molecule has 13 heteroatoms. The first-order chi connectivity index (χ1) is 14.0. The topological polar surface area (TPSA) is 63.0 Å². The third-order valence-electron chi connectivity index (χ3n) is 3.23. The molecule has 0 aliphatic carbocycles. The molecule has 0 aliphatic rings. The fourth-order valence-electron chi connectivity index (χ4n) is 1.99. The van der Waals surface area contributed by atoms with Crippen LogP contribution >= 0.6 is 11.3 Å². The Bertz CT molecular complexity index is 1000. The van der Waals surface area contributed by atoms with E-state index in [1.54, 1.807) is 20.8 Å². The maximum absolute atomic E-state index is 12.6. The first-order valence-corrected chi connectivity index (χ1v) is 9.57. The minimum Gasteiger partial charge on any atom is -0.850 e. The Balaban J connectivity index is 0.000000770. The second-order valence-electron chi connectivity index (χ2n) is 7.28. The number of thiophene rings is 1. The van der Waals surface area contributed by atoms with E-state index in [2.05, 4.69) is 10.2 Å². The van der Waals surface area contributed by atoms with Crippen molar-refractivity contribution in [2.75, 3.05) is 0 Å². The number of nitrogens with zero attached hydrogens (tertiary/aromatic N) is 3. The zero-order valence-corrected chi connectivity index (χ0v) is 21.7. The average molecular weight is 506 g/mol. The van der Waals surface area contributed by atoms with Gasteiger partial charge >= 0.3 is 63.7 Å². The van der Waals surface area contributed by atoms with Crippen molar-refractivity contribution in [2.45, 2.75) is 45.6 Å². The summed E-state index contributed by atoms with van der Waals surface area (Å²) < 4.78 is 80.9. The summed E-state index contributed by atoms with van der Waals surface area (Å²) in [5.41, 5.74) is -1.05. The maximum atomic E-state index is 12.6. The third-order valence-corrected chi connectivity index (χ3v) is 4.19. The smallest absolute Gasteiger partial charge is 0.850 e. The van der Waals surface area contributed by atoms with Crippen molar-refractivity contribution in [3.05, 3.63) is 51.8 Å². The molecular formula is C19H18F6KN3O2S. The Morgan fingerprint density at radius 3 is 1.91 bits per heavy atom. The van der Waals surface area contributed by atoms with Crippen LogP contribution in [0.2, 0.25) is 0 Å². The van der Waals surface area contributed by atoms with E-state index in [4.69, 9.17) is 4.74 Å². The predicted molar refractivity (Wildman–Crippen MR) is 100 cm³/mol. The number of rotatable bonds is 3. The van der Waals surface area contributed by atoms with Gasteiger partial charge in [0, 0.05) is 11.4 Å². The van der Waals surface area contributed by atoms with Gasteiger partial charge in [-0.1, -0.05) is 20.8 Å². The van der Waals surface area contributed by atoms with Crippen LogP contribution in [0.25, 0.3) is 5.69 Å². The van der Waals surface area contributed by atoms with Gasteiger partial charge in [-0.05, 0) is 31.2 Å². The number of ether oxygens (including phenoxy) is 1. The predicted octanol–water partition coefficient (Wildman–Crippen LogP) is 2.62. The van der Waals surface area contributed by atoms with Crippen molar-refractivity contribution >= 4 is 11.3 Å². The number of aryl methyl sites for hydroxylation is 1. The van der Waals surface area contributed by atoms with Crippen LogP contribution in [0, 0.1) is 6.92 Å². The molecule has 0 saturated carbocycles. The number of hydrogen-bond acceptors (Lipinski definition) is 5. The summed E-state index contributed by atoms with van der Waals surface area (Å²) in [5.74, 6) is -0.0960. The molecule has 3 aromatic rings. The fraction of sp³-hybridized carbons (Fsp3) is 0.368. The quantitative estimate of drug-likeness (QED) is 0.406. The molecule has 0 aliphatic heterocycles. The SMILES string of the molecule is CC(C)(C)[O-].Cc1nn(-c2ccc(C(F)(F)F)cc2)nc1Oc1csc(C(F)(F)F)c1.[K+]. The van der Waals surface area contributed by atoms with Gasteiger partial charge in [-0.25, -0.2) is 0 Å². The van der Waals surface area contributed by atoms with E-state index >= 15 is 0 Å². The second-order valence-corrected chi connectivity index (χ2v) is 8.19. The van der Waals surface area contributed by atoms with Crippen LogP contribution in [0.3, 0.4) is 0 Å². The Labute approximate surface area is 226 Å². The number of halogens is 6. The van der Waals surface area contributed by atoms with Crippen LogP contribution in [0.15, 0.2) is 35.7 Å². The number of hydrogen-bond donors (Lipinski definition) is 0. The first-order valence-electron chi connectivity index (χ1n) is 8.69. The molecule has 0 fully saturated rings. The van der Waals surface area contributed by atoms with E-state index < -0.39 is 28.4 Å². The van der Waals surface area contributed by atoms with Gasteiger partial charge in [0.2, 0.25) is 0 Å². The maximum Gasteiger partial charge on any atom is 1.00 e. The zero-order chi connectivity index (χ0) is 23.6. The van der Waals surface area contributed by atoms with Crippen molar-refractivity contribution in [1.82, 2.24) is 15.0 Å². The zero-order valence-electron chi connectivity index (χ0n) is 17.8. The van der Waals surface area contributed by atoms with Gasteiger partial charge in [-0.15, -0.1) is 31.9 Å². The molecular weight excluding hydrogens is 487 g/mol. The summed E-state index contributed by atoms with van der Waals surface area (Å²) in [4.78, 5) is 0.224. The van der Waals surface area contributed by atoms with Crippen molar-refractivity contribution in [3.8, 4) is 17.3 Å². The summed E-state index contributed by atoms with van der Waals surface area (Å²) in [5, 5.41) is 19.3. The van der Waals surface area contributed by atoms with E-state index in [1.165, 1.54) is 24.4 Å². The van der Waals surface area contributed by atoms with Crippen LogP contribution in [-0.4, -0.2) is 20.6 Å². The minimum atomic E-state index is -4.47. The van der Waals surface area contributed by atoms with Crippen molar-refractivity contribution in [3.63, 3.8) is 0 Å². The number of benzene rings is 1. The van der Waals surface area contributed by atoms with Crippen LogP contribution in [0.1, 0.15) is 36.9 Å². The van der Waals surface area contributed by atoms with Gasteiger partial charge in [0.1, 0.15) is 16.3 Å². The van der Waals surface area contributed by atoms with E-state index in [0.29, 0.717) is 11.3 Å². The Kier molecular flexibility index (Phi) is 9.97. The van der Waals surface area contributed by atoms with Crippen LogP contribution < -0.4 is 61.2 Å². The molecule has 0 N–H and O–H groups in total. The normalized spacial score (nSPS) is 12.0. The molecule has 0 atom stereocenters. The Morgan fingerprint density at radius 2 is 1.47 bits per heavy atom. The standard InChI is InChI=1S/C15H9F6N3OS.C4H9O.K/c1-8-13(25-11-6-12(26-7-11)15(19,20)21)23-24(22-8)10-4-2-9(3-5-10)14(16,17)18;1-4(2,3)5;/h2-7H,1H3;1-3H3;/q;-1;+1. The van der Waals surface area contributed by atoms with E-state index in [0.717, 1.165) is 23.0 Å². The largest absolute Gasteiger partial charge is 1.00 e. The molecule has 1 aromatic carbocycles. The van der Waals surface area contributed by atoms with Gasteiger partial charge in [0.05, 0.1) is 11.3 Å². The van der Waals surface area contributed by atoms with Crippen LogP contribution in [0.4, 0.5) is 26.3 Å². The number of aromatic nitrogens is 3.